The number of nitrogens with zero attached hydrogens (tertiary/aromatic N) is 2. The van der Waals surface area contributed by atoms with Crippen LogP contribution in [0.4, 0.5) is 0 Å². The fourth-order valence-electron chi connectivity index (χ4n) is 1.57. The van der Waals surface area contributed by atoms with Crippen molar-refractivity contribution in [2.45, 2.75) is 57.5 Å². The number of rotatable bonds is 8. The van der Waals surface area contributed by atoms with Crippen molar-refractivity contribution in [3.05, 3.63) is 10.5 Å². The fraction of sp³-hybridized carbons (Fsp3) is 0.769. The van der Waals surface area contributed by atoms with Gasteiger partial charge < -0.3 is 5.32 Å². The Morgan fingerprint density at radius 1 is 1.45 bits per heavy atom. The number of hydrogen-bond acceptors (Lipinski definition) is 4. The van der Waals surface area contributed by atoms with Crippen LogP contribution in [-0.2, 0) is 11.3 Å². The highest BCUT2D eigenvalue weighted by atomic mass is 32.2. The molecule has 1 aromatic rings. The average Bonchev–Trinajstić information content (AvgIpc) is 2.74. The van der Waals surface area contributed by atoms with E-state index in [1.807, 2.05) is 20.8 Å². The van der Waals surface area contributed by atoms with Crippen LogP contribution < -0.4 is 11.0 Å². The molecule has 1 aromatic heterocycles. The number of carbonyl (C=O) groups is 1. The van der Waals surface area contributed by atoms with E-state index in [0.717, 1.165) is 12.8 Å². The molecule has 1 amide bonds. The maximum absolute atomic E-state index is 11.9. The topological polar surface area (TPSA) is 79.8 Å². The number of unbranched alkanes of at least 4 members (excludes halogenated alkanes) is 1. The number of H-pyrrole nitrogens is 1. The molecule has 0 saturated carbocycles. The molecule has 0 aliphatic rings. The normalized spacial score (nSPS) is 12.7. The van der Waals surface area contributed by atoms with Gasteiger partial charge in [0.15, 0.2) is 5.16 Å². The summed E-state index contributed by atoms with van der Waals surface area (Å²) in [4.78, 5) is 23.6. The molecule has 1 heterocycles. The van der Waals surface area contributed by atoms with Crippen molar-refractivity contribution in [1.82, 2.24) is 20.1 Å². The Balaban J connectivity index is 2.63. The first-order chi connectivity index (χ1) is 9.45. The predicted octanol–water partition coefficient (Wildman–Crippen LogP) is 1.62. The molecule has 0 fully saturated rings. The quantitative estimate of drug-likeness (QED) is 0.715. The van der Waals surface area contributed by atoms with E-state index >= 15 is 0 Å². The van der Waals surface area contributed by atoms with Gasteiger partial charge in [0.1, 0.15) is 0 Å². The Hall–Kier alpha value is -1.24. The summed E-state index contributed by atoms with van der Waals surface area (Å²) in [6, 6.07) is 0. The Morgan fingerprint density at radius 3 is 2.75 bits per heavy atom. The third-order valence-electron chi connectivity index (χ3n) is 2.79. The summed E-state index contributed by atoms with van der Waals surface area (Å²) in [5, 5.41) is 9.63. The van der Waals surface area contributed by atoms with Gasteiger partial charge in [-0.2, -0.15) is 0 Å². The van der Waals surface area contributed by atoms with Crippen molar-refractivity contribution < 1.29 is 4.79 Å². The number of nitrogens with one attached hydrogen (secondary N) is 2. The number of carbonyl (C=O) groups excluding carboxylic acids is 1. The largest absolute Gasteiger partial charge is 0.355 e. The third-order valence-corrected chi connectivity index (χ3v) is 3.88. The van der Waals surface area contributed by atoms with Crippen LogP contribution in [0.1, 0.15) is 40.5 Å². The highest BCUT2D eigenvalue weighted by molar-refractivity contribution is 8.00. The molecule has 1 atom stereocenters. The smallest absolute Gasteiger partial charge is 0.343 e. The van der Waals surface area contributed by atoms with Gasteiger partial charge in [0, 0.05) is 13.1 Å². The summed E-state index contributed by atoms with van der Waals surface area (Å²) < 4.78 is 1.60. The number of amides is 1. The number of hydrogen-bond donors (Lipinski definition) is 2. The second kappa shape index (κ2) is 8.14. The van der Waals surface area contributed by atoms with Gasteiger partial charge in [-0.15, -0.1) is 5.10 Å². The van der Waals surface area contributed by atoms with Crippen LogP contribution in [0.25, 0.3) is 0 Å². The monoisotopic (exact) mass is 300 g/mol. The highest BCUT2D eigenvalue weighted by Crippen LogP contribution is 2.20. The fourth-order valence-corrected chi connectivity index (χ4v) is 2.47. The van der Waals surface area contributed by atoms with Crippen LogP contribution >= 0.6 is 11.8 Å². The molecule has 0 aromatic carbocycles. The summed E-state index contributed by atoms with van der Waals surface area (Å²) in [5.41, 5.74) is -0.212. The lowest BCUT2D eigenvalue weighted by atomic mass is 10.2. The summed E-state index contributed by atoms with van der Waals surface area (Å²) >= 11 is 1.31. The van der Waals surface area contributed by atoms with Gasteiger partial charge in [-0.3, -0.25) is 9.36 Å². The first kappa shape index (κ1) is 16.8. The Morgan fingerprint density at radius 2 is 2.15 bits per heavy atom. The van der Waals surface area contributed by atoms with Gasteiger partial charge in [-0.1, -0.05) is 39.0 Å². The van der Waals surface area contributed by atoms with Crippen molar-refractivity contribution >= 4 is 17.7 Å². The lowest BCUT2D eigenvalue weighted by Crippen LogP contribution is -2.33. The molecule has 1 unspecified atom stereocenters. The first-order valence-electron chi connectivity index (χ1n) is 7.05. The van der Waals surface area contributed by atoms with Crippen LogP contribution in [0, 0.1) is 5.92 Å². The van der Waals surface area contributed by atoms with Gasteiger partial charge in [-0.05, 0) is 19.3 Å². The molecular formula is C13H24N4O2S. The maximum Gasteiger partial charge on any atom is 0.343 e. The van der Waals surface area contributed by atoms with Gasteiger partial charge in [-0.25, -0.2) is 9.89 Å². The molecule has 114 valence electrons. The van der Waals surface area contributed by atoms with Crippen molar-refractivity contribution in [3.63, 3.8) is 0 Å². The summed E-state index contributed by atoms with van der Waals surface area (Å²) in [5.74, 6) is 0.394. The Bertz CT molecular complexity index is 481. The molecule has 0 saturated heterocycles. The van der Waals surface area contributed by atoms with E-state index in [2.05, 4.69) is 22.4 Å². The van der Waals surface area contributed by atoms with Crippen LogP contribution in [0.2, 0.25) is 0 Å². The van der Waals surface area contributed by atoms with Gasteiger partial charge in [0.05, 0.1) is 5.25 Å². The molecule has 2 N–H and O–H groups in total. The lowest BCUT2D eigenvalue weighted by molar-refractivity contribution is -0.120. The second-order valence-electron chi connectivity index (χ2n) is 5.22. The SMILES string of the molecule is CCCCn1c(SC(C)C(=O)NCC(C)C)n[nH]c1=O. The molecule has 20 heavy (non-hydrogen) atoms. The summed E-state index contributed by atoms with van der Waals surface area (Å²) in [6.07, 6.45) is 1.92. The summed E-state index contributed by atoms with van der Waals surface area (Å²) in [6.45, 7) is 9.29. The molecule has 0 aliphatic carbocycles. The van der Waals surface area contributed by atoms with Crippen molar-refractivity contribution in [1.29, 1.82) is 0 Å². The van der Waals surface area contributed by atoms with Crippen LogP contribution in [-0.4, -0.2) is 32.5 Å². The Labute approximate surface area is 123 Å². The average molecular weight is 300 g/mol. The number of aromatic nitrogens is 3. The van der Waals surface area contributed by atoms with Crippen molar-refractivity contribution in [2.75, 3.05) is 6.54 Å². The molecule has 0 bridgehead atoms. The van der Waals surface area contributed by atoms with E-state index in [-0.39, 0.29) is 16.8 Å². The van der Waals surface area contributed by atoms with Crippen LogP contribution in [0.3, 0.4) is 0 Å². The van der Waals surface area contributed by atoms with E-state index in [0.29, 0.717) is 24.2 Å². The molecule has 6 nitrogen and oxygen atoms in total. The van der Waals surface area contributed by atoms with Gasteiger partial charge in [0.25, 0.3) is 0 Å². The zero-order valence-corrected chi connectivity index (χ0v) is 13.4. The van der Waals surface area contributed by atoms with Crippen LogP contribution in [0.5, 0.6) is 0 Å². The first-order valence-corrected chi connectivity index (χ1v) is 7.93. The molecular weight excluding hydrogens is 276 g/mol. The lowest BCUT2D eigenvalue weighted by Gasteiger charge is -2.13. The minimum absolute atomic E-state index is 0.0267. The summed E-state index contributed by atoms with van der Waals surface area (Å²) in [7, 11) is 0. The molecule has 0 aliphatic heterocycles. The van der Waals surface area contributed by atoms with Gasteiger partial charge >= 0.3 is 5.69 Å². The second-order valence-corrected chi connectivity index (χ2v) is 6.52. The van der Waals surface area contributed by atoms with Crippen molar-refractivity contribution in [2.24, 2.45) is 5.92 Å². The minimum Gasteiger partial charge on any atom is -0.355 e. The number of aromatic amines is 1. The third kappa shape index (κ3) is 5.03. The highest BCUT2D eigenvalue weighted by Gasteiger charge is 2.18. The van der Waals surface area contributed by atoms with E-state index in [1.165, 1.54) is 11.8 Å². The maximum atomic E-state index is 11.9. The molecule has 0 radical (unpaired) electrons. The standard InChI is InChI=1S/C13H24N4O2S/c1-5-6-7-17-12(19)15-16-13(17)20-10(4)11(18)14-8-9(2)3/h9-10H,5-8H2,1-4H3,(H,14,18)(H,15,19). The minimum atomic E-state index is -0.274. The number of thioether (sulfide) groups is 1. The van der Waals surface area contributed by atoms with E-state index in [4.69, 9.17) is 0 Å². The molecule has 0 spiro atoms. The Kier molecular flexibility index (Phi) is 6.84. The zero-order chi connectivity index (χ0) is 15.1. The van der Waals surface area contributed by atoms with Gasteiger partial charge in [0.2, 0.25) is 5.91 Å². The predicted molar refractivity (Wildman–Crippen MR) is 80.9 cm³/mol. The van der Waals surface area contributed by atoms with Crippen LogP contribution in [0.15, 0.2) is 9.95 Å². The van der Waals surface area contributed by atoms with E-state index < -0.39 is 0 Å². The van der Waals surface area contributed by atoms with Crippen molar-refractivity contribution in [3.8, 4) is 0 Å². The van der Waals surface area contributed by atoms with E-state index in [9.17, 15) is 9.59 Å². The molecule has 7 heteroatoms. The van der Waals surface area contributed by atoms with E-state index in [1.54, 1.807) is 4.57 Å². The zero-order valence-electron chi connectivity index (χ0n) is 12.6. The molecule has 1 rings (SSSR count).